The van der Waals surface area contributed by atoms with Gasteiger partial charge in [0.05, 0.1) is 21.8 Å². The molecule has 0 radical (unpaired) electrons. The highest BCUT2D eigenvalue weighted by atomic mass is 35.5. The Morgan fingerprint density at radius 2 is 2.11 bits per heavy atom. The smallest absolute Gasteiger partial charge is 0.258 e. The van der Waals surface area contributed by atoms with E-state index in [1.54, 1.807) is 18.2 Å². The Bertz CT molecular complexity index is 1120. The zero-order valence-corrected chi connectivity index (χ0v) is 16.4. The number of fused-ring (bicyclic) bond motifs is 3. The fourth-order valence-electron chi connectivity index (χ4n) is 4.04. The summed E-state index contributed by atoms with van der Waals surface area (Å²) in [6.07, 6.45) is 3.04. The lowest BCUT2D eigenvalue weighted by Crippen LogP contribution is -2.45. The third-order valence-corrected chi connectivity index (χ3v) is 6.63. The number of benzene rings is 2. The van der Waals surface area contributed by atoms with E-state index >= 15 is 0 Å². The summed E-state index contributed by atoms with van der Waals surface area (Å²) in [6, 6.07) is 6.51. The monoisotopic (exact) mass is 417 g/mol. The summed E-state index contributed by atoms with van der Waals surface area (Å²) in [5, 5.41) is 0.682. The van der Waals surface area contributed by atoms with E-state index in [0.29, 0.717) is 44.3 Å². The summed E-state index contributed by atoms with van der Waals surface area (Å²) in [7, 11) is 0. The fraction of sp³-hybridized carbons (Fsp3) is 0.300. The number of anilines is 1. The van der Waals surface area contributed by atoms with Gasteiger partial charge in [-0.25, -0.2) is 9.37 Å². The number of nitrogen functional groups attached to an aromatic ring is 1. The van der Waals surface area contributed by atoms with E-state index in [-0.39, 0.29) is 22.9 Å². The van der Waals surface area contributed by atoms with Crippen LogP contribution >= 0.6 is 22.9 Å². The first-order valence-corrected chi connectivity index (χ1v) is 10.3. The van der Waals surface area contributed by atoms with Gasteiger partial charge in [0, 0.05) is 22.7 Å². The molecule has 2 aliphatic rings. The molecule has 1 aromatic heterocycles. The van der Waals surface area contributed by atoms with Crippen molar-refractivity contribution in [1.29, 1.82) is 0 Å². The zero-order valence-electron chi connectivity index (χ0n) is 14.9. The van der Waals surface area contributed by atoms with Crippen LogP contribution in [0.25, 0.3) is 21.3 Å². The van der Waals surface area contributed by atoms with Crippen molar-refractivity contribution in [3.8, 4) is 16.9 Å². The summed E-state index contributed by atoms with van der Waals surface area (Å²) in [6.45, 7) is 1.20. The van der Waals surface area contributed by atoms with Gasteiger partial charge in [-0.2, -0.15) is 0 Å². The van der Waals surface area contributed by atoms with Crippen LogP contribution < -0.4 is 10.5 Å². The van der Waals surface area contributed by atoms with E-state index in [2.05, 4.69) is 4.98 Å². The molecule has 8 heteroatoms. The molecule has 5 rings (SSSR count). The van der Waals surface area contributed by atoms with Crippen molar-refractivity contribution in [3.05, 3.63) is 40.7 Å². The molecule has 0 saturated carbocycles. The lowest BCUT2D eigenvalue weighted by molar-refractivity contribution is 0.0578. The van der Waals surface area contributed by atoms with Gasteiger partial charge in [-0.15, -0.1) is 0 Å². The topological polar surface area (TPSA) is 68.5 Å². The molecule has 1 atom stereocenters. The number of aromatic nitrogens is 1. The predicted molar refractivity (Wildman–Crippen MR) is 109 cm³/mol. The van der Waals surface area contributed by atoms with Crippen LogP contribution in [0, 0.1) is 5.82 Å². The highest BCUT2D eigenvalue weighted by molar-refractivity contribution is 7.22. The molecule has 3 heterocycles. The summed E-state index contributed by atoms with van der Waals surface area (Å²) in [4.78, 5) is 19.2. The molecule has 0 aliphatic carbocycles. The van der Waals surface area contributed by atoms with Crippen LogP contribution in [0.15, 0.2) is 24.3 Å². The number of hydrogen-bond acceptors (Lipinski definition) is 5. The van der Waals surface area contributed by atoms with Crippen LogP contribution in [0.2, 0.25) is 5.02 Å². The van der Waals surface area contributed by atoms with Gasteiger partial charge in [0.1, 0.15) is 18.2 Å². The number of ether oxygens (including phenoxy) is 1. The van der Waals surface area contributed by atoms with Crippen molar-refractivity contribution in [3.63, 3.8) is 0 Å². The number of nitrogens with two attached hydrogens (primary N) is 1. The van der Waals surface area contributed by atoms with Crippen LogP contribution in [-0.2, 0) is 0 Å². The maximum absolute atomic E-state index is 14.2. The number of carbonyl (C=O) groups excluding carboxylic acids is 1. The largest absolute Gasteiger partial charge is 0.491 e. The standard InChI is InChI=1S/C20H17ClFN3O2S/c21-14-7-13-16(27-9-10-3-1-2-6-25(10)19(13)26)8-12(14)11-4-5-15(22)18-17(11)24-20(23)28-18/h4-5,7-8,10H,1-3,6,9H2,(H2,23,24)/t10-/m1/s1. The number of hydrogen-bond donors (Lipinski definition) is 1. The van der Waals surface area contributed by atoms with Gasteiger partial charge in [0.2, 0.25) is 0 Å². The minimum Gasteiger partial charge on any atom is -0.491 e. The summed E-state index contributed by atoms with van der Waals surface area (Å²) in [5.74, 6) is 0.0782. The molecule has 2 aromatic carbocycles. The van der Waals surface area contributed by atoms with E-state index in [9.17, 15) is 9.18 Å². The number of amides is 1. The summed E-state index contributed by atoms with van der Waals surface area (Å²) < 4.78 is 20.5. The second-order valence-electron chi connectivity index (χ2n) is 7.11. The Kier molecular flexibility index (Phi) is 4.17. The van der Waals surface area contributed by atoms with E-state index in [1.165, 1.54) is 6.07 Å². The fourth-order valence-corrected chi connectivity index (χ4v) is 5.07. The van der Waals surface area contributed by atoms with Gasteiger partial charge in [-0.05, 0) is 43.5 Å². The van der Waals surface area contributed by atoms with Crippen molar-refractivity contribution in [2.24, 2.45) is 0 Å². The highest BCUT2D eigenvalue weighted by Gasteiger charge is 2.33. The molecule has 1 fully saturated rings. The van der Waals surface area contributed by atoms with Crippen LogP contribution in [0.3, 0.4) is 0 Å². The minimum atomic E-state index is -0.373. The van der Waals surface area contributed by atoms with E-state index in [1.807, 2.05) is 4.90 Å². The van der Waals surface area contributed by atoms with Gasteiger partial charge in [-0.1, -0.05) is 22.9 Å². The third-order valence-electron chi connectivity index (χ3n) is 5.42. The van der Waals surface area contributed by atoms with Gasteiger partial charge < -0.3 is 15.4 Å². The number of carbonyl (C=O) groups is 1. The normalized spacial score (nSPS) is 19.1. The molecule has 0 unspecified atom stereocenters. The van der Waals surface area contributed by atoms with Crippen molar-refractivity contribution in [2.45, 2.75) is 25.3 Å². The van der Waals surface area contributed by atoms with E-state index in [4.69, 9.17) is 22.1 Å². The second kappa shape index (κ2) is 6.60. The molecule has 0 bridgehead atoms. The van der Waals surface area contributed by atoms with Crippen molar-refractivity contribution >= 4 is 44.2 Å². The zero-order chi connectivity index (χ0) is 19.4. The highest BCUT2D eigenvalue weighted by Crippen LogP contribution is 2.41. The molecule has 5 nitrogen and oxygen atoms in total. The van der Waals surface area contributed by atoms with Crippen molar-refractivity contribution in [1.82, 2.24) is 9.88 Å². The Hall–Kier alpha value is -2.38. The Balaban J connectivity index is 1.66. The quantitative estimate of drug-likeness (QED) is 0.621. The third kappa shape index (κ3) is 2.72. The average Bonchev–Trinajstić information content (AvgIpc) is 3.03. The number of rotatable bonds is 1. The predicted octanol–water partition coefficient (Wildman–Crippen LogP) is 4.73. The molecule has 1 saturated heterocycles. The average molecular weight is 418 g/mol. The van der Waals surface area contributed by atoms with E-state index < -0.39 is 0 Å². The van der Waals surface area contributed by atoms with Crippen molar-refractivity contribution in [2.75, 3.05) is 18.9 Å². The summed E-state index contributed by atoms with van der Waals surface area (Å²) in [5.41, 5.74) is 8.03. The molecule has 3 aromatic rings. The first-order valence-electron chi connectivity index (χ1n) is 9.15. The van der Waals surface area contributed by atoms with Crippen LogP contribution in [-0.4, -0.2) is 35.0 Å². The first-order chi connectivity index (χ1) is 13.5. The Morgan fingerprint density at radius 1 is 1.25 bits per heavy atom. The maximum Gasteiger partial charge on any atom is 0.258 e. The molecular weight excluding hydrogens is 401 g/mol. The lowest BCUT2D eigenvalue weighted by atomic mass is 10.00. The molecule has 144 valence electrons. The maximum atomic E-state index is 14.2. The van der Waals surface area contributed by atoms with Gasteiger partial charge >= 0.3 is 0 Å². The Morgan fingerprint density at radius 3 is 2.96 bits per heavy atom. The van der Waals surface area contributed by atoms with Gasteiger partial charge in [-0.3, -0.25) is 4.79 Å². The number of halogens is 2. The number of nitrogens with zero attached hydrogens (tertiary/aromatic N) is 2. The van der Waals surface area contributed by atoms with E-state index in [0.717, 1.165) is 37.1 Å². The molecule has 2 N–H and O–H groups in total. The molecule has 1 amide bonds. The Labute approximate surface area is 169 Å². The number of piperidine rings is 1. The first kappa shape index (κ1) is 17.7. The second-order valence-corrected chi connectivity index (χ2v) is 8.55. The minimum absolute atomic E-state index is 0.0483. The van der Waals surface area contributed by atoms with Gasteiger partial charge in [0.25, 0.3) is 5.91 Å². The van der Waals surface area contributed by atoms with Crippen LogP contribution in [0.1, 0.15) is 29.6 Å². The van der Waals surface area contributed by atoms with Crippen molar-refractivity contribution < 1.29 is 13.9 Å². The molecule has 28 heavy (non-hydrogen) atoms. The molecule has 2 aliphatic heterocycles. The molecular formula is C20H17ClFN3O2S. The lowest BCUT2D eigenvalue weighted by Gasteiger charge is -2.33. The van der Waals surface area contributed by atoms with Crippen LogP contribution in [0.4, 0.5) is 9.52 Å². The molecule has 0 spiro atoms. The van der Waals surface area contributed by atoms with Gasteiger partial charge in [0.15, 0.2) is 5.13 Å². The number of thiazole rings is 1. The SMILES string of the molecule is Nc1nc2c(-c3cc4c(cc3Cl)C(=O)N3CCCC[C@@H]3CO4)ccc(F)c2s1. The van der Waals surface area contributed by atoms with Crippen LogP contribution in [0.5, 0.6) is 5.75 Å². The summed E-state index contributed by atoms with van der Waals surface area (Å²) >= 11 is 7.66.